The van der Waals surface area contributed by atoms with Gasteiger partial charge in [0.15, 0.2) is 5.58 Å². The fourth-order valence-electron chi connectivity index (χ4n) is 5.40. The van der Waals surface area contributed by atoms with Gasteiger partial charge in [-0.2, -0.15) is 4.98 Å². The zero-order valence-corrected chi connectivity index (χ0v) is 22.1. The summed E-state index contributed by atoms with van der Waals surface area (Å²) in [6, 6.07) is 5.02. The molecule has 2 amide bonds. The van der Waals surface area contributed by atoms with Gasteiger partial charge in [0.2, 0.25) is 5.91 Å². The van der Waals surface area contributed by atoms with Gasteiger partial charge in [0.05, 0.1) is 17.0 Å². The molecule has 202 valence electrons. The number of piperidine rings is 1. The molecule has 11 nitrogen and oxygen atoms in total. The molecule has 3 N–H and O–H groups in total. The smallest absolute Gasteiger partial charge is 0.302 e. The van der Waals surface area contributed by atoms with E-state index < -0.39 is 5.91 Å². The number of nitrogens with two attached hydrogens (primary N) is 1. The number of aromatic nitrogens is 4. The predicted octanol–water partition coefficient (Wildman–Crippen LogP) is 3.88. The van der Waals surface area contributed by atoms with E-state index >= 15 is 0 Å². The first-order valence-corrected chi connectivity index (χ1v) is 13.5. The molecule has 5 heterocycles. The average Bonchev–Trinajstić information content (AvgIpc) is 3.66. The van der Waals surface area contributed by atoms with Gasteiger partial charge in [-0.15, -0.1) is 0 Å². The Morgan fingerprint density at radius 3 is 2.87 bits per heavy atom. The van der Waals surface area contributed by atoms with Crippen LogP contribution in [0.4, 0.5) is 11.8 Å². The first kappa shape index (κ1) is 25.3. The normalized spacial score (nSPS) is 18.5. The number of carbonyl (C=O) groups is 2. The Kier molecular flexibility index (Phi) is 6.92. The summed E-state index contributed by atoms with van der Waals surface area (Å²) in [5.41, 5.74) is 8.07. The Balaban J connectivity index is 1.19. The highest BCUT2D eigenvalue weighted by Crippen LogP contribution is 2.32. The van der Waals surface area contributed by atoms with E-state index in [1.54, 1.807) is 30.5 Å². The highest BCUT2D eigenvalue weighted by atomic mass is 35.5. The van der Waals surface area contributed by atoms with Crippen molar-refractivity contribution in [2.45, 2.75) is 31.7 Å². The van der Waals surface area contributed by atoms with Crippen LogP contribution in [0.25, 0.3) is 22.1 Å². The maximum absolute atomic E-state index is 13.3. The van der Waals surface area contributed by atoms with Crippen molar-refractivity contribution < 1.29 is 14.0 Å². The standard InChI is InChI=1S/C27H29ClN8O3/c28-17-6-7-21-20(13-17)32-27(39-21)33-26(38)19-15-36(25-23(19)24(29)30-16-31-25)18-8-12-35(14-18)22(37)5-4-11-34-9-2-1-3-10-34/h4-7,13,15-16,18H,1-3,8-12,14H2,(H2,29,30,31)(H,32,33,38)/b5-4+/t18-/m1/s1. The lowest BCUT2D eigenvalue weighted by Crippen LogP contribution is -2.30. The molecular weight excluding hydrogens is 520 g/mol. The van der Waals surface area contributed by atoms with E-state index in [0.29, 0.717) is 45.8 Å². The number of carbonyl (C=O) groups excluding carboxylic acids is 2. The number of halogens is 1. The van der Waals surface area contributed by atoms with Crippen molar-refractivity contribution in [2.75, 3.05) is 43.8 Å². The molecule has 3 aromatic heterocycles. The van der Waals surface area contributed by atoms with Gasteiger partial charge in [0.25, 0.3) is 5.91 Å². The number of benzene rings is 1. The molecule has 2 aliphatic rings. The molecule has 0 aliphatic carbocycles. The molecule has 0 unspecified atom stereocenters. The first-order chi connectivity index (χ1) is 19.0. The topological polar surface area (TPSA) is 135 Å². The van der Waals surface area contributed by atoms with E-state index in [1.165, 1.54) is 25.6 Å². The number of anilines is 2. The highest BCUT2D eigenvalue weighted by Gasteiger charge is 2.30. The SMILES string of the molecule is Nc1ncnc2c1c(C(=O)Nc1nc3cc(Cl)ccc3o1)cn2[C@@H]1CCN(C(=O)/C=C/CN2CCCCC2)C1. The van der Waals surface area contributed by atoms with E-state index in [2.05, 4.69) is 25.2 Å². The number of oxazole rings is 1. The molecule has 2 fully saturated rings. The zero-order valence-electron chi connectivity index (χ0n) is 21.3. The van der Waals surface area contributed by atoms with Crippen molar-refractivity contribution in [1.82, 2.24) is 29.3 Å². The third-order valence-corrected chi connectivity index (χ3v) is 7.63. The zero-order chi connectivity index (χ0) is 26.9. The molecule has 1 atom stereocenters. The molecule has 39 heavy (non-hydrogen) atoms. The van der Waals surface area contributed by atoms with Crippen LogP contribution < -0.4 is 11.1 Å². The summed E-state index contributed by atoms with van der Waals surface area (Å²) in [6.45, 7) is 4.10. The van der Waals surface area contributed by atoms with E-state index in [0.717, 1.165) is 26.1 Å². The molecule has 4 aromatic rings. The molecule has 0 bridgehead atoms. The molecular formula is C27H29ClN8O3. The molecule has 0 radical (unpaired) electrons. The highest BCUT2D eigenvalue weighted by molar-refractivity contribution is 6.31. The van der Waals surface area contributed by atoms with Crippen molar-refractivity contribution >= 4 is 57.4 Å². The Bertz CT molecular complexity index is 1570. The average molecular weight is 549 g/mol. The summed E-state index contributed by atoms with van der Waals surface area (Å²) in [5, 5.41) is 3.67. The van der Waals surface area contributed by atoms with E-state index in [4.69, 9.17) is 21.8 Å². The Morgan fingerprint density at radius 1 is 1.18 bits per heavy atom. The molecule has 0 saturated carbocycles. The molecule has 2 saturated heterocycles. The predicted molar refractivity (Wildman–Crippen MR) is 149 cm³/mol. The Hall–Kier alpha value is -3.96. The molecule has 12 heteroatoms. The van der Waals surface area contributed by atoms with Crippen LogP contribution in [0.15, 0.2) is 47.3 Å². The van der Waals surface area contributed by atoms with E-state index in [-0.39, 0.29) is 23.8 Å². The fraction of sp³-hybridized carbons (Fsp3) is 0.370. The van der Waals surface area contributed by atoms with Crippen LogP contribution in [0.2, 0.25) is 5.02 Å². The number of fused-ring (bicyclic) bond motifs is 2. The Morgan fingerprint density at radius 2 is 2.03 bits per heavy atom. The van der Waals surface area contributed by atoms with Crippen LogP contribution in [0.5, 0.6) is 0 Å². The molecule has 0 spiro atoms. The number of rotatable bonds is 6. The fourth-order valence-corrected chi connectivity index (χ4v) is 5.56. The van der Waals surface area contributed by atoms with Crippen LogP contribution in [0.1, 0.15) is 42.1 Å². The number of nitrogen functional groups attached to an aromatic ring is 1. The second-order valence-electron chi connectivity index (χ2n) is 9.98. The number of likely N-dealkylation sites (tertiary alicyclic amines) is 2. The summed E-state index contributed by atoms with van der Waals surface area (Å²) >= 11 is 6.03. The minimum absolute atomic E-state index is 0.00543. The number of amides is 2. The van der Waals surface area contributed by atoms with Crippen LogP contribution in [0.3, 0.4) is 0 Å². The Labute approximate surface area is 229 Å². The van der Waals surface area contributed by atoms with Gasteiger partial charge in [0.1, 0.15) is 23.3 Å². The van der Waals surface area contributed by atoms with Crippen LogP contribution in [-0.4, -0.2) is 73.9 Å². The summed E-state index contributed by atoms with van der Waals surface area (Å²) < 4.78 is 7.57. The van der Waals surface area contributed by atoms with Crippen molar-refractivity contribution in [3.63, 3.8) is 0 Å². The van der Waals surface area contributed by atoms with Gasteiger partial charge in [0, 0.05) is 36.9 Å². The van der Waals surface area contributed by atoms with Gasteiger partial charge in [-0.1, -0.05) is 24.1 Å². The van der Waals surface area contributed by atoms with Crippen LogP contribution in [0, 0.1) is 0 Å². The number of hydrogen-bond acceptors (Lipinski definition) is 8. The van der Waals surface area contributed by atoms with Crippen LogP contribution >= 0.6 is 11.6 Å². The quantitative estimate of drug-likeness (QED) is 0.347. The maximum Gasteiger partial charge on any atom is 0.302 e. The van der Waals surface area contributed by atoms with Gasteiger partial charge in [-0.3, -0.25) is 19.8 Å². The lowest BCUT2D eigenvalue weighted by Gasteiger charge is -2.24. The number of nitrogens with zero attached hydrogens (tertiary/aromatic N) is 6. The van der Waals surface area contributed by atoms with Crippen molar-refractivity contribution in [1.29, 1.82) is 0 Å². The summed E-state index contributed by atoms with van der Waals surface area (Å²) in [5.74, 6) is -0.265. The number of nitrogens with one attached hydrogen (secondary N) is 1. The van der Waals surface area contributed by atoms with E-state index in [1.807, 2.05) is 15.5 Å². The van der Waals surface area contributed by atoms with Crippen molar-refractivity contribution in [3.05, 3.63) is 53.5 Å². The van der Waals surface area contributed by atoms with E-state index in [9.17, 15) is 9.59 Å². The summed E-state index contributed by atoms with van der Waals surface area (Å²) in [4.78, 5) is 43.2. The minimum atomic E-state index is -0.454. The maximum atomic E-state index is 13.3. The lowest BCUT2D eigenvalue weighted by atomic mass is 10.1. The summed E-state index contributed by atoms with van der Waals surface area (Å²) in [7, 11) is 0. The van der Waals surface area contributed by atoms with Gasteiger partial charge in [-0.25, -0.2) is 9.97 Å². The lowest BCUT2D eigenvalue weighted by molar-refractivity contribution is -0.125. The summed E-state index contributed by atoms with van der Waals surface area (Å²) in [6.07, 6.45) is 11.2. The third kappa shape index (κ3) is 5.19. The minimum Gasteiger partial charge on any atom is -0.423 e. The van der Waals surface area contributed by atoms with Crippen molar-refractivity contribution in [3.8, 4) is 0 Å². The molecule has 2 aliphatic heterocycles. The number of hydrogen-bond donors (Lipinski definition) is 2. The van der Waals surface area contributed by atoms with Gasteiger partial charge >= 0.3 is 6.01 Å². The molecule has 1 aromatic carbocycles. The molecule has 6 rings (SSSR count). The first-order valence-electron chi connectivity index (χ1n) is 13.1. The van der Waals surface area contributed by atoms with Crippen LogP contribution in [-0.2, 0) is 4.79 Å². The van der Waals surface area contributed by atoms with Crippen molar-refractivity contribution in [2.24, 2.45) is 0 Å². The van der Waals surface area contributed by atoms with Gasteiger partial charge in [-0.05, 0) is 50.6 Å². The third-order valence-electron chi connectivity index (χ3n) is 7.39. The second-order valence-corrected chi connectivity index (χ2v) is 10.4. The van der Waals surface area contributed by atoms with Gasteiger partial charge < -0.3 is 19.6 Å². The largest absolute Gasteiger partial charge is 0.423 e. The second kappa shape index (κ2) is 10.7. The monoisotopic (exact) mass is 548 g/mol.